The predicted molar refractivity (Wildman–Crippen MR) is 27.0 cm³/mol. The van der Waals surface area contributed by atoms with Crippen molar-refractivity contribution in [2.75, 3.05) is 0 Å². The summed E-state index contributed by atoms with van der Waals surface area (Å²) in [6.07, 6.45) is 0. The van der Waals surface area contributed by atoms with E-state index in [4.69, 9.17) is 26.6 Å². The van der Waals surface area contributed by atoms with Crippen LogP contribution in [-0.4, -0.2) is 49.7 Å². The van der Waals surface area contributed by atoms with Crippen molar-refractivity contribution in [3.63, 3.8) is 0 Å². The van der Waals surface area contributed by atoms with Gasteiger partial charge >= 0.3 is 23.1 Å². The van der Waals surface area contributed by atoms with Crippen LogP contribution in [0.1, 0.15) is 0 Å². The predicted octanol–water partition coefficient (Wildman–Crippen LogP) is -2.05. The average molecular weight is 185 g/mol. The van der Waals surface area contributed by atoms with Gasteiger partial charge in [0.05, 0.1) is 11.4 Å². The molecule has 0 spiro atoms. The fourth-order valence-electron chi connectivity index (χ4n) is 0. The van der Waals surface area contributed by atoms with Gasteiger partial charge in [0.1, 0.15) is 0 Å². The quantitative estimate of drug-likeness (QED) is 0.342. The zero-order valence-corrected chi connectivity index (χ0v) is 7.06. The summed E-state index contributed by atoms with van der Waals surface area (Å²) in [7, 11) is 0. The second-order valence-electron chi connectivity index (χ2n) is 0.421. The van der Waals surface area contributed by atoms with Gasteiger partial charge < -0.3 is 18.2 Å². The molecule has 1 atom stereocenters. The Kier molecular flexibility index (Phi) is 21.4. The molecule has 0 saturated carbocycles. The molecule has 0 amide bonds. The summed E-state index contributed by atoms with van der Waals surface area (Å²) in [6.45, 7) is 0. The molecular weight excluding hydrogens is 184 g/mol. The van der Waals surface area contributed by atoms with E-state index in [9.17, 15) is 0 Å². The summed E-state index contributed by atoms with van der Waals surface area (Å²) in [5.41, 5.74) is 0. The Balaban J connectivity index is -0.0000000720. The molecule has 52 valence electrons. The third-order valence-corrected chi connectivity index (χ3v) is 0. The first-order valence-electron chi connectivity index (χ1n) is 1.02. The Morgan fingerprint density at radius 2 is 1.11 bits per heavy atom. The fourth-order valence-corrected chi connectivity index (χ4v) is 0. The number of rotatable bonds is 0. The minimum absolute atomic E-state index is 0. The standard InChI is InChI=1S/Mg.2H2O3S/c;2*1-4(2)3/h;2*(H2,1,2,3)/q+2;;/p-3. The zero-order chi connectivity index (χ0) is 7.15. The fraction of sp³-hybridized carbons (Fsp3) is 0. The van der Waals surface area contributed by atoms with Gasteiger partial charge in [-0.05, 0) is 0 Å². The van der Waals surface area contributed by atoms with E-state index in [2.05, 4.69) is 0 Å². The van der Waals surface area contributed by atoms with E-state index in [0.717, 1.165) is 0 Å². The van der Waals surface area contributed by atoms with Gasteiger partial charge in [0.25, 0.3) is 0 Å². The van der Waals surface area contributed by atoms with E-state index < -0.39 is 22.7 Å². The maximum absolute atomic E-state index is 8.56. The minimum Gasteiger partial charge on any atom is -0.784 e. The van der Waals surface area contributed by atoms with Gasteiger partial charge in [-0.25, -0.2) is 4.21 Å². The van der Waals surface area contributed by atoms with Crippen LogP contribution in [0.4, 0.5) is 0 Å². The minimum atomic E-state index is -3.11. The van der Waals surface area contributed by atoms with E-state index in [1.54, 1.807) is 0 Å². The van der Waals surface area contributed by atoms with Crippen LogP contribution in [0.2, 0.25) is 0 Å². The largest absolute Gasteiger partial charge is 2.00 e. The Bertz CT molecular complexity index is 69.1. The monoisotopic (exact) mass is 185 g/mol. The van der Waals surface area contributed by atoms with Gasteiger partial charge in [0, 0.05) is 0 Å². The first-order valence-corrected chi connectivity index (χ1v) is 3.05. The van der Waals surface area contributed by atoms with E-state index in [0.29, 0.717) is 0 Å². The van der Waals surface area contributed by atoms with E-state index in [1.165, 1.54) is 0 Å². The Labute approximate surface area is 72.4 Å². The smallest absolute Gasteiger partial charge is 0.784 e. The van der Waals surface area contributed by atoms with Crippen LogP contribution in [0.15, 0.2) is 0 Å². The Morgan fingerprint density at radius 1 is 1.11 bits per heavy atom. The molecule has 0 aromatic carbocycles. The van der Waals surface area contributed by atoms with Gasteiger partial charge in [-0.15, -0.1) is 11.4 Å². The van der Waals surface area contributed by atoms with Gasteiger partial charge in [0.15, 0.2) is 0 Å². The van der Waals surface area contributed by atoms with Crippen molar-refractivity contribution < 1.29 is 26.6 Å². The van der Waals surface area contributed by atoms with Crippen molar-refractivity contribution in [1.82, 2.24) is 0 Å². The molecule has 1 unspecified atom stereocenters. The molecule has 0 fully saturated rings. The summed E-state index contributed by atoms with van der Waals surface area (Å²) in [5.74, 6) is 0. The van der Waals surface area contributed by atoms with Crippen LogP contribution in [0, 0.1) is 0 Å². The van der Waals surface area contributed by atoms with Crippen molar-refractivity contribution in [1.29, 1.82) is 0 Å². The first kappa shape index (κ1) is 16.5. The zero-order valence-electron chi connectivity index (χ0n) is 4.01. The van der Waals surface area contributed by atoms with E-state index in [1.807, 2.05) is 0 Å². The van der Waals surface area contributed by atoms with Crippen molar-refractivity contribution in [3.05, 3.63) is 0 Å². The molecule has 0 aliphatic rings. The molecule has 6 nitrogen and oxygen atoms in total. The molecule has 0 bridgehead atoms. The van der Waals surface area contributed by atoms with Crippen molar-refractivity contribution in [2.24, 2.45) is 0 Å². The summed E-state index contributed by atoms with van der Waals surface area (Å²) in [5, 5.41) is 0. The molecule has 0 saturated heterocycles. The normalized spacial score (nSPS) is 10.8. The molecule has 0 aromatic rings. The van der Waals surface area contributed by atoms with Crippen LogP contribution in [-0.2, 0) is 22.7 Å². The molecule has 0 aromatic heterocycles. The molecule has 9 heavy (non-hydrogen) atoms. The molecule has 0 heterocycles. The van der Waals surface area contributed by atoms with Gasteiger partial charge in [-0.3, -0.25) is 4.21 Å². The first-order chi connectivity index (χ1) is 3.46. The molecule has 0 aliphatic carbocycles. The molecule has 1 N–H and O–H groups in total. The van der Waals surface area contributed by atoms with E-state index >= 15 is 0 Å². The Hall–Kier alpha value is 0.906. The van der Waals surface area contributed by atoms with Crippen LogP contribution >= 0.6 is 0 Å². The molecule has 0 aliphatic heterocycles. The van der Waals surface area contributed by atoms with Crippen molar-refractivity contribution >= 4 is 45.8 Å². The van der Waals surface area contributed by atoms with Gasteiger partial charge in [-0.1, -0.05) is 0 Å². The summed E-state index contributed by atoms with van der Waals surface area (Å²) >= 11 is -5.97. The van der Waals surface area contributed by atoms with Crippen molar-refractivity contribution in [2.45, 2.75) is 0 Å². The topological polar surface area (TPSA) is 124 Å². The SMILES string of the molecule is O=S([O-])O.O=S([O-])[O-].[Mg+2]. The number of hydrogen-bond acceptors (Lipinski definition) is 5. The number of hydrogen-bond donors (Lipinski definition) is 1. The maximum atomic E-state index is 8.56. The summed E-state index contributed by atoms with van der Waals surface area (Å²) < 4.78 is 49.4. The second kappa shape index (κ2) is 11.7. The van der Waals surface area contributed by atoms with Gasteiger partial charge in [0.2, 0.25) is 0 Å². The molecule has 0 rings (SSSR count). The van der Waals surface area contributed by atoms with Crippen LogP contribution in [0.3, 0.4) is 0 Å². The average Bonchev–Trinajstić information content (AvgIpc) is 1.25. The van der Waals surface area contributed by atoms with E-state index in [-0.39, 0.29) is 23.1 Å². The second-order valence-corrected chi connectivity index (χ2v) is 1.26. The van der Waals surface area contributed by atoms with Crippen LogP contribution in [0.25, 0.3) is 0 Å². The Morgan fingerprint density at radius 3 is 1.11 bits per heavy atom. The van der Waals surface area contributed by atoms with Crippen LogP contribution < -0.4 is 0 Å². The van der Waals surface area contributed by atoms with Crippen molar-refractivity contribution in [3.8, 4) is 0 Å². The maximum Gasteiger partial charge on any atom is 2.00 e. The third-order valence-electron chi connectivity index (χ3n) is 0. The van der Waals surface area contributed by atoms with Crippen LogP contribution in [0.5, 0.6) is 0 Å². The third kappa shape index (κ3) is 517. The summed E-state index contributed by atoms with van der Waals surface area (Å²) in [6, 6.07) is 0. The van der Waals surface area contributed by atoms with Gasteiger partial charge in [-0.2, -0.15) is 0 Å². The molecular formula is HMgO6S2-. The molecule has 0 radical (unpaired) electrons. The molecule has 9 heteroatoms. The summed E-state index contributed by atoms with van der Waals surface area (Å²) in [4.78, 5) is 0.